The predicted octanol–water partition coefficient (Wildman–Crippen LogP) is 4.90. The summed E-state index contributed by atoms with van der Waals surface area (Å²) in [4.78, 5) is 5.54. The van der Waals surface area contributed by atoms with Crippen LogP contribution in [-0.2, 0) is 0 Å². The maximum atomic E-state index is 12.4. The first-order valence-corrected chi connectivity index (χ1v) is 8.87. The Labute approximate surface area is 179 Å². The van der Waals surface area contributed by atoms with Gasteiger partial charge in [0.2, 0.25) is 0 Å². The average Bonchev–Trinajstić information content (AvgIpc) is 3.11. The zero-order valence-corrected chi connectivity index (χ0v) is 17.0. The molecule has 4 rings (SSSR count). The van der Waals surface area contributed by atoms with E-state index in [1.807, 2.05) is 18.3 Å². The largest absolute Gasteiger partial charge is 0.573 e. The van der Waals surface area contributed by atoms with E-state index >= 15 is 0 Å². The number of aromatic amines is 1. The van der Waals surface area contributed by atoms with Gasteiger partial charge in [-0.1, -0.05) is 18.2 Å². The van der Waals surface area contributed by atoms with Crippen LogP contribution >= 0.6 is 24.8 Å². The Hall–Kier alpha value is -1.93. The first-order chi connectivity index (χ1) is 13.0. The van der Waals surface area contributed by atoms with Crippen molar-refractivity contribution in [2.45, 2.75) is 12.4 Å². The van der Waals surface area contributed by atoms with E-state index < -0.39 is 6.36 Å². The van der Waals surface area contributed by atoms with Gasteiger partial charge in [0.25, 0.3) is 0 Å². The van der Waals surface area contributed by atoms with Gasteiger partial charge in [0.15, 0.2) is 0 Å². The van der Waals surface area contributed by atoms with Crippen LogP contribution in [0.5, 0.6) is 5.75 Å². The Bertz CT molecular complexity index is 909. The molecule has 1 aromatic heterocycles. The van der Waals surface area contributed by atoms with Crippen molar-refractivity contribution >= 4 is 35.7 Å². The van der Waals surface area contributed by atoms with Crippen molar-refractivity contribution in [1.29, 1.82) is 0 Å². The quantitative estimate of drug-likeness (QED) is 0.597. The highest BCUT2D eigenvalue weighted by atomic mass is 35.5. The van der Waals surface area contributed by atoms with Gasteiger partial charge in [0.1, 0.15) is 5.75 Å². The van der Waals surface area contributed by atoms with Gasteiger partial charge in [-0.15, -0.1) is 38.0 Å². The zero-order chi connectivity index (χ0) is 18.9. The third kappa shape index (κ3) is 5.57. The highest BCUT2D eigenvalue weighted by Crippen LogP contribution is 2.32. The van der Waals surface area contributed by atoms with Crippen LogP contribution in [0.15, 0.2) is 54.7 Å². The molecule has 1 aliphatic heterocycles. The number of piperazine rings is 1. The van der Waals surface area contributed by atoms with E-state index in [4.69, 9.17) is 0 Å². The Kier molecular flexibility index (Phi) is 7.82. The molecule has 1 saturated heterocycles. The van der Waals surface area contributed by atoms with Crippen LogP contribution in [0.1, 0.15) is 17.2 Å². The summed E-state index contributed by atoms with van der Waals surface area (Å²) in [5, 5.41) is 4.46. The molecule has 0 spiro atoms. The molecular formula is C20H22Cl2F3N3O. The first-order valence-electron chi connectivity index (χ1n) is 8.87. The SMILES string of the molecule is Cl.Cl.FC(F)(F)Oc1ccc([C@@H](c2ccc3[nH]ccc3c2)N2CCNCC2)cc1. The van der Waals surface area contributed by atoms with Gasteiger partial charge in [0, 0.05) is 37.9 Å². The van der Waals surface area contributed by atoms with Gasteiger partial charge < -0.3 is 15.0 Å². The van der Waals surface area contributed by atoms with Crippen LogP contribution < -0.4 is 10.1 Å². The summed E-state index contributed by atoms with van der Waals surface area (Å²) in [6.45, 7) is 3.52. The summed E-state index contributed by atoms with van der Waals surface area (Å²) < 4.78 is 41.3. The van der Waals surface area contributed by atoms with Crippen molar-refractivity contribution < 1.29 is 17.9 Å². The van der Waals surface area contributed by atoms with Gasteiger partial charge in [-0.05, 0) is 46.8 Å². The summed E-state index contributed by atoms with van der Waals surface area (Å²) >= 11 is 0. The number of halogens is 5. The van der Waals surface area contributed by atoms with Crippen molar-refractivity contribution in [1.82, 2.24) is 15.2 Å². The lowest BCUT2D eigenvalue weighted by Crippen LogP contribution is -2.45. The van der Waals surface area contributed by atoms with Gasteiger partial charge in [-0.3, -0.25) is 4.90 Å². The summed E-state index contributed by atoms with van der Waals surface area (Å²) in [5.41, 5.74) is 3.13. The monoisotopic (exact) mass is 447 g/mol. The predicted molar refractivity (Wildman–Crippen MR) is 112 cm³/mol. The summed E-state index contributed by atoms with van der Waals surface area (Å²) in [7, 11) is 0. The van der Waals surface area contributed by atoms with Crippen LogP contribution in [0.3, 0.4) is 0 Å². The second-order valence-electron chi connectivity index (χ2n) is 6.63. The molecule has 0 unspecified atom stereocenters. The standard InChI is InChI=1S/C20H20F3N3O.2ClH/c21-20(22,23)27-17-4-1-14(2-5-17)19(26-11-9-24-10-12-26)16-3-6-18-15(13-16)7-8-25-18;;/h1-8,13,19,24-25H,9-12H2;2*1H/t19-;;/m0../s1. The van der Waals surface area contributed by atoms with Crippen LogP contribution in [0.25, 0.3) is 10.9 Å². The van der Waals surface area contributed by atoms with E-state index in [1.165, 1.54) is 12.1 Å². The Balaban J connectivity index is 0.00000150. The maximum Gasteiger partial charge on any atom is 0.573 e. The second-order valence-corrected chi connectivity index (χ2v) is 6.63. The number of aromatic nitrogens is 1. The number of hydrogen-bond donors (Lipinski definition) is 2. The van der Waals surface area contributed by atoms with Crippen molar-refractivity contribution in [2.75, 3.05) is 26.2 Å². The number of ether oxygens (including phenoxy) is 1. The van der Waals surface area contributed by atoms with Crippen LogP contribution in [-0.4, -0.2) is 42.4 Å². The summed E-state index contributed by atoms with van der Waals surface area (Å²) in [5.74, 6) is -0.202. The molecule has 29 heavy (non-hydrogen) atoms. The maximum absolute atomic E-state index is 12.4. The minimum absolute atomic E-state index is 0. The average molecular weight is 448 g/mol. The summed E-state index contributed by atoms with van der Waals surface area (Å²) in [6, 6.07) is 14.5. The van der Waals surface area contributed by atoms with Crippen molar-refractivity contribution in [3.8, 4) is 5.75 Å². The number of nitrogens with zero attached hydrogens (tertiary/aromatic N) is 1. The molecule has 0 bridgehead atoms. The van der Waals surface area contributed by atoms with Gasteiger partial charge in [-0.2, -0.15) is 0 Å². The van der Waals surface area contributed by atoms with Crippen LogP contribution in [0, 0.1) is 0 Å². The molecule has 9 heteroatoms. The van der Waals surface area contributed by atoms with E-state index in [0.29, 0.717) is 0 Å². The second kappa shape index (κ2) is 9.71. The fraction of sp³-hybridized carbons (Fsp3) is 0.300. The normalized spacial score (nSPS) is 16.0. The number of fused-ring (bicyclic) bond motifs is 1. The number of rotatable bonds is 4. The highest BCUT2D eigenvalue weighted by Gasteiger charge is 2.31. The number of alkyl halides is 3. The minimum atomic E-state index is -4.68. The van der Waals surface area contributed by atoms with E-state index in [-0.39, 0.29) is 36.6 Å². The van der Waals surface area contributed by atoms with E-state index in [2.05, 4.69) is 32.1 Å². The molecule has 2 N–H and O–H groups in total. The van der Waals surface area contributed by atoms with E-state index in [1.54, 1.807) is 12.1 Å². The van der Waals surface area contributed by atoms with Crippen LogP contribution in [0.4, 0.5) is 13.2 Å². The Morgan fingerprint density at radius 2 is 1.55 bits per heavy atom. The molecule has 0 radical (unpaired) electrons. The third-order valence-electron chi connectivity index (χ3n) is 4.84. The van der Waals surface area contributed by atoms with Gasteiger partial charge >= 0.3 is 6.36 Å². The topological polar surface area (TPSA) is 40.3 Å². The molecule has 2 aromatic carbocycles. The lowest BCUT2D eigenvalue weighted by molar-refractivity contribution is -0.274. The number of hydrogen-bond acceptors (Lipinski definition) is 3. The summed E-state index contributed by atoms with van der Waals surface area (Å²) in [6.07, 6.45) is -2.78. The van der Waals surface area contributed by atoms with Crippen molar-refractivity contribution in [3.63, 3.8) is 0 Å². The van der Waals surface area contributed by atoms with Crippen LogP contribution in [0.2, 0.25) is 0 Å². The smallest absolute Gasteiger partial charge is 0.406 e. The minimum Gasteiger partial charge on any atom is -0.406 e. The van der Waals surface area contributed by atoms with Crippen molar-refractivity contribution in [2.24, 2.45) is 0 Å². The van der Waals surface area contributed by atoms with Gasteiger partial charge in [-0.25, -0.2) is 0 Å². The fourth-order valence-electron chi connectivity index (χ4n) is 3.65. The number of benzene rings is 2. The Morgan fingerprint density at radius 3 is 2.21 bits per heavy atom. The third-order valence-corrected chi connectivity index (χ3v) is 4.84. The molecule has 3 aromatic rings. The van der Waals surface area contributed by atoms with E-state index in [9.17, 15) is 13.2 Å². The molecule has 2 heterocycles. The first kappa shape index (κ1) is 23.3. The molecule has 1 fully saturated rings. The highest BCUT2D eigenvalue weighted by molar-refractivity contribution is 5.85. The molecule has 1 aliphatic rings. The lowest BCUT2D eigenvalue weighted by Gasteiger charge is -2.35. The van der Waals surface area contributed by atoms with Gasteiger partial charge in [0.05, 0.1) is 6.04 Å². The Morgan fingerprint density at radius 1 is 0.897 bits per heavy atom. The molecule has 4 nitrogen and oxygen atoms in total. The number of nitrogens with one attached hydrogen (secondary N) is 2. The molecule has 1 atom stereocenters. The molecular weight excluding hydrogens is 426 g/mol. The zero-order valence-electron chi connectivity index (χ0n) is 15.4. The van der Waals surface area contributed by atoms with Crippen molar-refractivity contribution in [3.05, 3.63) is 65.9 Å². The van der Waals surface area contributed by atoms with E-state index in [0.717, 1.165) is 48.2 Å². The molecule has 0 aliphatic carbocycles. The lowest BCUT2D eigenvalue weighted by atomic mass is 9.95. The molecule has 158 valence electrons. The molecule has 0 amide bonds. The molecule has 0 saturated carbocycles. The number of H-pyrrole nitrogens is 1. The fourth-order valence-corrected chi connectivity index (χ4v) is 3.65.